The van der Waals surface area contributed by atoms with Gasteiger partial charge in [0.25, 0.3) is 0 Å². The highest BCUT2D eigenvalue weighted by Crippen LogP contribution is 2.76. The highest BCUT2D eigenvalue weighted by atomic mass is 28.4. The molecule has 3 heteroatoms. The molecular weight excluding hydrogens is 348 g/mol. The lowest BCUT2D eigenvalue weighted by Crippen LogP contribution is -2.52. The summed E-state index contributed by atoms with van der Waals surface area (Å²) < 4.78 is 12.5. The van der Waals surface area contributed by atoms with E-state index in [1.54, 1.807) is 18.2 Å². The lowest BCUT2D eigenvalue weighted by molar-refractivity contribution is -0.0597. The SMILES string of the molecule is COc1ccc2c(c1)C[C@@H](C)[C@@H]1[C@@H]2CC[C@@]2(C)[C@H]1CC1C[C@]12O[Si](C)(C)C. The van der Waals surface area contributed by atoms with Gasteiger partial charge >= 0.3 is 0 Å². The Morgan fingerprint density at radius 1 is 1.19 bits per heavy atom. The number of benzene rings is 1. The highest BCUT2D eigenvalue weighted by Gasteiger charge is 2.76. The molecule has 4 aliphatic rings. The molecule has 0 aliphatic heterocycles. The summed E-state index contributed by atoms with van der Waals surface area (Å²) in [5.41, 5.74) is 3.80. The van der Waals surface area contributed by atoms with Gasteiger partial charge in [-0.05, 0) is 110 Å². The highest BCUT2D eigenvalue weighted by molar-refractivity contribution is 6.69. The Morgan fingerprint density at radius 3 is 2.67 bits per heavy atom. The number of ether oxygens (including phenoxy) is 1. The smallest absolute Gasteiger partial charge is 0.184 e. The third-order valence-electron chi connectivity index (χ3n) is 8.71. The summed E-state index contributed by atoms with van der Waals surface area (Å²) in [7, 11) is 0.264. The second-order valence-corrected chi connectivity index (χ2v) is 15.7. The predicted octanol–water partition coefficient (Wildman–Crippen LogP) is 6.02. The van der Waals surface area contributed by atoms with Crippen LogP contribution in [0.3, 0.4) is 0 Å². The number of rotatable bonds is 3. The Hall–Kier alpha value is -0.803. The Bertz CT molecular complexity index is 768. The zero-order chi connectivity index (χ0) is 19.2. The van der Waals surface area contributed by atoms with Gasteiger partial charge in [0.1, 0.15) is 5.75 Å². The zero-order valence-corrected chi connectivity index (χ0v) is 19.0. The van der Waals surface area contributed by atoms with E-state index in [2.05, 4.69) is 51.7 Å². The molecule has 0 aromatic heterocycles. The van der Waals surface area contributed by atoms with E-state index in [1.165, 1.54) is 32.1 Å². The van der Waals surface area contributed by atoms with E-state index in [0.717, 1.165) is 35.3 Å². The van der Waals surface area contributed by atoms with Crippen molar-refractivity contribution >= 4 is 8.32 Å². The quantitative estimate of drug-likeness (QED) is 0.593. The van der Waals surface area contributed by atoms with Gasteiger partial charge in [-0.25, -0.2) is 0 Å². The molecule has 148 valence electrons. The molecule has 3 fully saturated rings. The average molecular weight is 385 g/mol. The standard InChI is InChI=1S/C24H36O2Si/c1-15-11-16-12-18(25-3)7-8-19(16)20-9-10-23(2)21(22(15)20)13-17-14-24(17,23)26-27(4,5)6/h7-8,12,15,17,20-22H,9-11,13-14H2,1-6H3/t15-,17?,20-,21+,22-,23+,24+/m1/s1. The van der Waals surface area contributed by atoms with Crippen LogP contribution >= 0.6 is 0 Å². The van der Waals surface area contributed by atoms with Gasteiger partial charge in [0.2, 0.25) is 0 Å². The van der Waals surface area contributed by atoms with Crippen LogP contribution in [0.4, 0.5) is 0 Å². The summed E-state index contributed by atoms with van der Waals surface area (Å²) in [6.07, 6.45) is 6.65. The first-order valence-electron chi connectivity index (χ1n) is 11.1. The minimum atomic E-state index is -1.52. The monoisotopic (exact) mass is 384 g/mol. The lowest BCUT2D eigenvalue weighted by Gasteiger charge is -2.55. The molecular formula is C24H36O2Si. The largest absolute Gasteiger partial charge is 0.497 e. The van der Waals surface area contributed by atoms with E-state index in [0.29, 0.717) is 5.41 Å². The summed E-state index contributed by atoms with van der Waals surface area (Å²) in [6, 6.07) is 6.86. The second kappa shape index (κ2) is 5.63. The van der Waals surface area contributed by atoms with Gasteiger partial charge in [-0.2, -0.15) is 0 Å². The summed E-state index contributed by atoms with van der Waals surface area (Å²) in [5, 5.41) is 0. The molecule has 0 N–H and O–H groups in total. The molecule has 7 atom stereocenters. The van der Waals surface area contributed by atoms with Crippen molar-refractivity contribution in [1.82, 2.24) is 0 Å². The number of methoxy groups -OCH3 is 1. The number of hydrogen-bond donors (Lipinski definition) is 0. The van der Waals surface area contributed by atoms with Crippen LogP contribution in [-0.2, 0) is 10.8 Å². The van der Waals surface area contributed by atoms with Crippen molar-refractivity contribution < 1.29 is 9.16 Å². The van der Waals surface area contributed by atoms with E-state index in [-0.39, 0.29) is 5.60 Å². The van der Waals surface area contributed by atoms with Crippen LogP contribution in [0.5, 0.6) is 5.75 Å². The molecule has 27 heavy (non-hydrogen) atoms. The van der Waals surface area contributed by atoms with Gasteiger partial charge in [0.15, 0.2) is 8.32 Å². The van der Waals surface area contributed by atoms with Crippen LogP contribution in [0.15, 0.2) is 18.2 Å². The Kier molecular flexibility index (Phi) is 3.80. The second-order valence-electron chi connectivity index (χ2n) is 11.2. The fourth-order valence-corrected chi connectivity index (χ4v) is 9.32. The molecule has 0 radical (unpaired) electrons. The van der Waals surface area contributed by atoms with E-state index >= 15 is 0 Å². The fraction of sp³-hybridized carbons (Fsp3) is 0.750. The van der Waals surface area contributed by atoms with Crippen LogP contribution < -0.4 is 4.74 Å². The van der Waals surface area contributed by atoms with Crippen LogP contribution in [0.25, 0.3) is 0 Å². The van der Waals surface area contributed by atoms with E-state index in [1.807, 2.05) is 0 Å². The van der Waals surface area contributed by atoms with Crippen LogP contribution in [0.2, 0.25) is 19.6 Å². The fourth-order valence-electron chi connectivity index (χ4n) is 7.74. The topological polar surface area (TPSA) is 18.5 Å². The molecule has 0 heterocycles. The first-order chi connectivity index (χ1) is 12.7. The number of hydrogen-bond acceptors (Lipinski definition) is 2. The van der Waals surface area contributed by atoms with Crippen LogP contribution in [0, 0.1) is 29.1 Å². The molecule has 4 aliphatic carbocycles. The maximum absolute atomic E-state index is 6.97. The van der Waals surface area contributed by atoms with Crippen molar-refractivity contribution in [1.29, 1.82) is 0 Å². The summed E-state index contributed by atoms with van der Waals surface area (Å²) in [6.45, 7) is 12.3. The molecule has 0 spiro atoms. The molecule has 0 bridgehead atoms. The minimum absolute atomic E-state index is 0.229. The number of fused-ring (bicyclic) bond motifs is 7. The van der Waals surface area contributed by atoms with Gasteiger partial charge in [0.05, 0.1) is 12.7 Å². The van der Waals surface area contributed by atoms with Gasteiger partial charge in [-0.1, -0.05) is 19.9 Å². The van der Waals surface area contributed by atoms with Crippen molar-refractivity contribution in [2.45, 2.75) is 77.1 Å². The normalized spacial score (nSPS) is 44.7. The molecule has 1 unspecified atom stereocenters. The van der Waals surface area contributed by atoms with Gasteiger partial charge in [0, 0.05) is 0 Å². The predicted molar refractivity (Wildman–Crippen MR) is 113 cm³/mol. The molecule has 5 rings (SSSR count). The third-order valence-corrected chi connectivity index (χ3v) is 9.69. The average Bonchev–Trinajstić information content (AvgIpc) is 3.22. The minimum Gasteiger partial charge on any atom is -0.497 e. The first-order valence-corrected chi connectivity index (χ1v) is 14.5. The maximum atomic E-state index is 6.97. The first kappa shape index (κ1) is 18.2. The molecule has 1 aromatic rings. The molecule has 1 aromatic carbocycles. The van der Waals surface area contributed by atoms with E-state index in [4.69, 9.17) is 9.16 Å². The van der Waals surface area contributed by atoms with Crippen molar-refractivity contribution in [3.05, 3.63) is 29.3 Å². The van der Waals surface area contributed by atoms with E-state index in [9.17, 15) is 0 Å². The Labute approximate surface area is 166 Å². The van der Waals surface area contributed by atoms with Crippen LogP contribution in [-0.4, -0.2) is 21.0 Å². The zero-order valence-electron chi connectivity index (χ0n) is 18.0. The van der Waals surface area contributed by atoms with Gasteiger partial charge in [-0.15, -0.1) is 0 Å². The maximum Gasteiger partial charge on any atom is 0.184 e. The van der Waals surface area contributed by atoms with Crippen molar-refractivity contribution in [3.8, 4) is 5.75 Å². The molecule has 0 saturated heterocycles. The summed E-state index contributed by atoms with van der Waals surface area (Å²) in [5.74, 6) is 5.04. The Balaban J connectivity index is 1.50. The Morgan fingerprint density at radius 2 is 1.96 bits per heavy atom. The van der Waals surface area contributed by atoms with E-state index < -0.39 is 8.32 Å². The molecule has 0 amide bonds. The van der Waals surface area contributed by atoms with Gasteiger partial charge in [-0.3, -0.25) is 0 Å². The van der Waals surface area contributed by atoms with Gasteiger partial charge < -0.3 is 9.16 Å². The van der Waals surface area contributed by atoms with Crippen molar-refractivity contribution in [3.63, 3.8) is 0 Å². The van der Waals surface area contributed by atoms with Crippen molar-refractivity contribution in [2.24, 2.45) is 29.1 Å². The van der Waals surface area contributed by atoms with Crippen molar-refractivity contribution in [2.75, 3.05) is 7.11 Å². The summed E-state index contributed by atoms with van der Waals surface area (Å²) >= 11 is 0. The molecule has 2 nitrogen and oxygen atoms in total. The van der Waals surface area contributed by atoms with Crippen LogP contribution in [0.1, 0.15) is 56.6 Å². The third kappa shape index (κ3) is 2.46. The lowest BCUT2D eigenvalue weighted by atomic mass is 9.51. The molecule has 3 saturated carbocycles. The summed E-state index contributed by atoms with van der Waals surface area (Å²) in [4.78, 5) is 0.